The molecule has 0 saturated heterocycles. The van der Waals surface area contributed by atoms with Crippen molar-refractivity contribution in [3.63, 3.8) is 0 Å². The van der Waals surface area contributed by atoms with E-state index >= 15 is 0 Å². The molecule has 0 bridgehead atoms. The molecule has 0 atom stereocenters. The molecule has 0 amide bonds. The van der Waals surface area contributed by atoms with Gasteiger partial charge < -0.3 is 14.7 Å². The average molecular weight is 293 g/mol. The van der Waals surface area contributed by atoms with E-state index in [2.05, 4.69) is 0 Å². The zero-order valence-corrected chi connectivity index (χ0v) is 13.4. The van der Waals surface area contributed by atoms with Crippen molar-refractivity contribution in [3.05, 3.63) is 29.3 Å². The molecule has 21 heavy (non-hydrogen) atoms. The summed E-state index contributed by atoms with van der Waals surface area (Å²) in [6.07, 6.45) is 5.16. The van der Waals surface area contributed by atoms with Crippen molar-refractivity contribution in [1.29, 1.82) is 0 Å². The first-order chi connectivity index (χ1) is 10.1. The number of carboxylic acids is 1. The molecule has 0 saturated carbocycles. The lowest BCUT2D eigenvalue weighted by molar-refractivity contribution is 0.0695. The number of unbranched alkanes of at least 4 members (excludes halogenated alkanes) is 3. The van der Waals surface area contributed by atoms with Crippen molar-refractivity contribution in [2.75, 3.05) is 32.2 Å². The Hall–Kier alpha value is -1.55. The Bertz CT molecular complexity index is 444. The number of rotatable bonds is 10. The number of benzene rings is 1. The van der Waals surface area contributed by atoms with Gasteiger partial charge in [-0.2, -0.15) is 0 Å². The Kier molecular flexibility index (Phi) is 7.83. The molecule has 0 aromatic heterocycles. The molecule has 0 heterocycles. The fourth-order valence-electron chi connectivity index (χ4n) is 2.29. The van der Waals surface area contributed by atoms with Gasteiger partial charge in [-0.25, -0.2) is 4.79 Å². The monoisotopic (exact) mass is 293 g/mol. The van der Waals surface area contributed by atoms with Gasteiger partial charge in [0.25, 0.3) is 0 Å². The van der Waals surface area contributed by atoms with Crippen molar-refractivity contribution in [3.8, 4) is 0 Å². The second kappa shape index (κ2) is 9.40. The Morgan fingerprint density at radius 3 is 2.52 bits per heavy atom. The summed E-state index contributed by atoms with van der Waals surface area (Å²) in [7, 11) is 3.93. The van der Waals surface area contributed by atoms with Crippen molar-refractivity contribution < 1.29 is 14.6 Å². The predicted octanol–water partition coefficient (Wildman–Crippen LogP) is 3.59. The number of hydrogen-bond acceptors (Lipinski definition) is 3. The molecular formula is C17H27NO3. The minimum Gasteiger partial charge on any atom is -0.478 e. The zero-order chi connectivity index (χ0) is 15.7. The quantitative estimate of drug-likeness (QED) is 0.670. The summed E-state index contributed by atoms with van der Waals surface area (Å²) in [5.74, 6) is -0.841. The number of nitrogens with zero attached hydrogens (tertiary/aromatic N) is 1. The highest BCUT2D eigenvalue weighted by Crippen LogP contribution is 2.20. The summed E-state index contributed by atoms with van der Waals surface area (Å²) in [5, 5.41) is 9.26. The summed E-state index contributed by atoms with van der Waals surface area (Å²) < 4.78 is 5.31. The van der Waals surface area contributed by atoms with Gasteiger partial charge in [0.1, 0.15) is 0 Å². The maximum Gasteiger partial charge on any atom is 0.335 e. The third kappa shape index (κ3) is 6.17. The minimum absolute atomic E-state index is 0.426. The van der Waals surface area contributed by atoms with Crippen LogP contribution < -0.4 is 4.90 Å². The summed E-state index contributed by atoms with van der Waals surface area (Å²) in [5.41, 5.74) is 2.40. The molecule has 1 N–H and O–H groups in total. The number of anilines is 1. The van der Waals surface area contributed by atoms with Crippen LogP contribution in [0.3, 0.4) is 0 Å². The molecule has 0 fully saturated rings. The van der Waals surface area contributed by atoms with Gasteiger partial charge in [0.2, 0.25) is 0 Å². The molecule has 4 nitrogen and oxygen atoms in total. The van der Waals surface area contributed by atoms with Gasteiger partial charge in [0.15, 0.2) is 0 Å². The Balaban J connectivity index is 2.51. The van der Waals surface area contributed by atoms with Gasteiger partial charge >= 0.3 is 5.97 Å². The van der Waals surface area contributed by atoms with E-state index in [0.29, 0.717) is 5.56 Å². The number of ether oxygens (including phenoxy) is 1. The third-order valence-corrected chi connectivity index (χ3v) is 3.52. The van der Waals surface area contributed by atoms with Gasteiger partial charge in [-0.15, -0.1) is 0 Å². The maximum atomic E-state index is 11.3. The van der Waals surface area contributed by atoms with Crippen LogP contribution in [-0.4, -0.2) is 38.4 Å². The maximum absolute atomic E-state index is 11.3. The van der Waals surface area contributed by atoms with Crippen LogP contribution in [0.2, 0.25) is 0 Å². The molecule has 0 radical (unpaired) electrons. The van der Waals surface area contributed by atoms with Crippen LogP contribution in [0.25, 0.3) is 0 Å². The van der Waals surface area contributed by atoms with Gasteiger partial charge in [-0.3, -0.25) is 0 Å². The van der Waals surface area contributed by atoms with E-state index in [1.165, 1.54) is 0 Å². The predicted molar refractivity (Wildman–Crippen MR) is 86.4 cm³/mol. The van der Waals surface area contributed by atoms with Crippen LogP contribution in [0.15, 0.2) is 18.2 Å². The van der Waals surface area contributed by atoms with Crippen molar-refractivity contribution in [2.45, 2.75) is 39.0 Å². The molecule has 0 aliphatic rings. The number of aryl methyl sites for hydroxylation is 1. The summed E-state index contributed by atoms with van der Waals surface area (Å²) in [4.78, 5) is 13.3. The third-order valence-electron chi connectivity index (χ3n) is 3.52. The first kappa shape index (κ1) is 17.5. The highest BCUT2D eigenvalue weighted by Gasteiger charge is 2.11. The lowest BCUT2D eigenvalue weighted by Gasteiger charge is -2.15. The van der Waals surface area contributed by atoms with Gasteiger partial charge in [-0.1, -0.05) is 12.8 Å². The lowest BCUT2D eigenvalue weighted by atomic mass is 10.00. The molecule has 118 valence electrons. The number of carboxylic acid groups (broad SMARTS) is 1. The van der Waals surface area contributed by atoms with Crippen LogP contribution in [0.5, 0.6) is 0 Å². The van der Waals surface area contributed by atoms with Crippen LogP contribution in [0.1, 0.15) is 48.5 Å². The molecular weight excluding hydrogens is 266 g/mol. The molecule has 1 aromatic rings. The second-order valence-corrected chi connectivity index (χ2v) is 5.40. The topological polar surface area (TPSA) is 49.8 Å². The lowest BCUT2D eigenvalue weighted by Crippen LogP contribution is -2.11. The van der Waals surface area contributed by atoms with Crippen LogP contribution in [0, 0.1) is 0 Å². The van der Waals surface area contributed by atoms with E-state index < -0.39 is 5.97 Å². The van der Waals surface area contributed by atoms with Crippen molar-refractivity contribution >= 4 is 11.7 Å². The van der Waals surface area contributed by atoms with Gasteiger partial charge in [0.05, 0.1) is 5.56 Å². The van der Waals surface area contributed by atoms with Crippen molar-refractivity contribution in [1.82, 2.24) is 0 Å². The minimum atomic E-state index is -0.841. The number of aromatic carboxylic acids is 1. The molecule has 0 aliphatic carbocycles. The molecule has 0 unspecified atom stereocenters. The SMILES string of the molecule is CCOCCCCCCc1cc(N(C)C)ccc1C(=O)O. The zero-order valence-electron chi connectivity index (χ0n) is 13.4. The Morgan fingerprint density at radius 1 is 1.19 bits per heavy atom. The van der Waals surface area contributed by atoms with Crippen LogP contribution in [-0.2, 0) is 11.2 Å². The van der Waals surface area contributed by atoms with E-state index in [0.717, 1.165) is 56.6 Å². The largest absolute Gasteiger partial charge is 0.478 e. The van der Waals surface area contributed by atoms with E-state index in [1.807, 2.05) is 38.1 Å². The Labute approximate surface area is 127 Å². The first-order valence-electron chi connectivity index (χ1n) is 7.67. The summed E-state index contributed by atoms with van der Waals surface area (Å²) in [6, 6.07) is 5.56. The fraction of sp³-hybridized carbons (Fsp3) is 0.588. The van der Waals surface area contributed by atoms with Gasteiger partial charge in [0, 0.05) is 33.0 Å². The Morgan fingerprint density at radius 2 is 1.90 bits per heavy atom. The van der Waals surface area contributed by atoms with Crippen LogP contribution >= 0.6 is 0 Å². The smallest absolute Gasteiger partial charge is 0.335 e. The standard InChI is InChI=1S/C17H27NO3/c1-4-21-12-8-6-5-7-9-14-13-15(18(2)3)10-11-16(14)17(19)20/h10-11,13H,4-9,12H2,1-3H3,(H,19,20). The molecule has 1 aromatic carbocycles. The normalized spacial score (nSPS) is 10.6. The van der Waals surface area contributed by atoms with E-state index in [9.17, 15) is 9.90 Å². The highest BCUT2D eigenvalue weighted by atomic mass is 16.5. The van der Waals surface area contributed by atoms with Gasteiger partial charge in [-0.05, 0) is 49.9 Å². The second-order valence-electron chi connectivity index (χ2n) is 5.40. The fourth-order valence-corrected chi connectivity index (χ4v) is 2.29. The highest BCUT2D eigenvalue weighted by molar-refractivity contribution is 5.90. The van der Waals surface area contributed by atoms with E-state index in [1.54, 1.807) is 6.07 Å². The molecule has 0 aliphatic heterocycles. The first-order valence-corrected chi connectivity index (χ1v) is 7.67. The molecule has 1 rings (SSSR count). The van der Waals surface area contributed by atoms with E-state index in [4.69, 9.17) is 4.74 Å². The van der Waals surface area contributed by atoms with E-state index in [-0.39, 0.29) is 0 Å². The summed E-state index contributed by atoms with van der Waals surface area (Å²) in [6.45, 7) is 3.61. The summed E-state index contributed by atoms with van der Waals surface area (Å²) >= 11 is 0. The number of carbonyl (C=O) groups is 1. The van der Waals surface area contributed by atoms with Crippen molar-refractivity contribution in [2.24, 2.45) is 0 Å². The molecule has 0 spiro atoms. The van der Waals surface area contributed by atoms with Crippen LogP contribution in [0.4, 0.5) is 5.69 Å². The number of hydrogen-bond donors (Lipinski definition) is 1. The average Bonchev–Trinajstić information content (AvgIpc) is 2.45. The molecule has 4 heteroatoms.